The summed E-state index contributed by atoms with van der Waals surface area (Å²) in [5.74, 6) is 0.384. The molecule has 1 aromatic heterocycles. The van der Waals surface area contributed by atoms with Crippen molar-refractivity contribution in [3.8, 4) is 22.7 Å². The van der Waals surface area contributed by atoms with Crippen LogP contribution in [0, 0.1) is 12.8 Å². The molecule has 0 unspecified atom stereocenters. The van der Waals surface area contributed by atoms with Crippen molar-refractivity contribution in [1.82, 2.24) is 13.9 Å². The molecule has 1 heterocycles. The first-order valence-electron chi connectivity index (χ1n) is 12.3. The molecule has 4 rings (SSSR count). The first-order valence-corrected chi connectivity index (χ1v) is 13.8. The van der Waals surface area contributed by atoms with E-state index in [2.05, 4.69) is 10.3 Å². The van der Waals surface area contributed by atoms with Crippen LogP contribution in [0.5, 0.6) is 5.75 Å². The van der Waals surface area contributed by atoms with Crippen molar-refractivity contribution < 1.29 is 17.9 Å². The molecule has 1 amide bonds. The lowest BCUT2D eigenvalue weighted by atomic mass is 10.2. The van der Waals surface area contributed by atoms with Gasteiger partial charge in [-0.25, -0.2) is 13.4 Å². The molecular weight excluding hydrogens is 500 g/mol. The minimum atomic E-state index is -3.92. The van der Waals surface area contributed by atoms with E-state index in [1.54, 1.807) is 16.7 Å². The number of sulfonamides is 1. The van der Waals surface area contributed by atoms with Gasteiger partial charge in [0.1, 0.15) is 5.75 Å². The van der Waals surface area contributed by atoms with E-state index in [0.717, 1.165) is 16.8 Å². The van der Waals surface area contributed by atoms with Crippen LogP contribution in [-0.4, -0.2) is 48.4 Å². The number of benzene rings is 3. The van der Waals surface area contributed by atoms with Crippen LogP contribution in [0.1, 0.15) is 19.4 Å². The van der Waals surface area contributed by atoms with Crippen LogP contribution in [0.3, 0.4) is 0 Å². The van der Waals surface area contributed by atoms with Crippen LogP contribution in [-0.2, 0) is 14.8 Å². The van der Waals surface area contributed by atoms with Gasteiger partial charge >= 0.3 is 0 Å². The molecule has 0 atom stereocenters. The summed E-state index contributed by atoms with van der Waals surface area (Å²) in [4.78, 5) is 18.0. The lowest BCUT2D eigenvalue weighted by molar-refractivity contribution is -0.116. The molecular formula is C29H32N4O4S. The first-order chi connectivity index (χ1) is 18.2. The third-order valence-electron chi connectivity index (χ3n) is 5.92. The van der Waals surface area contributed by atoms with E-state index in [1.165, 1.54) is 23.5 Å². The van der Waals surface area contributed by atoms with Gasteiger partial charge in [-0.2, -0.15) is 4.31 Å². The van der Waals surface area contributed by atoms with Gasteiger partial charge in [-0.1, -0.05) is 61.9 Å². The molecule has 0 aliphatic carbocycles. The maximum Gasteiger partial charge on any atom is 0.243 e. The molecule has 198 valence electrons. The lowest BCUT2D eigenvalue weighted by Crippen LogP contribution is -2.40. The number of anilines is 1. The summed E-state index contributed by atoms with van der Waals surface area (Å²) >= 11 is 0. The minimum absolute atomic E-state index is 0.00931. The Labute approximate surface area is 224 Å². The van der Waals surface area contributed by atoms with Crippen LogP contribution < -0.4 is 10.1 Å². The zero-order valence-electron chi connectivity index (χ0n) is 22.0. The summed E-state index contributed by atoms with van der Waals surface area (Å²) in [7, 11) is -2.41. The fourth-order valence-corrected chi connectivity index (χ4v) is 5.55. The highest BCUT2D eigenvalue weighted by molar-refractivity contribution is 7.89. The Morgan fingerprint density at radius 1 is 1.00 bits per heavy atom. The van der Waals surface area contributed by atoms with Gasteiger partial charge in [0, 0.05) is 24.0 Å². The number of imidazole rings is 1. The van der Waals surface area contributed by atoms with E-state index >= 15 is 0 Å². The summed E-state index contributed by atoms with van der Waals surface area (Å²) < 4.78 is 35.0. The largest absolute Gasteiger partial charge is 0.497 e. The summed E-state index contributed by atoms with van der Waals surface area (Å²) in [6, 6.07) is 23.6. The zero-order chi connectivity index (χ0) is 27.3. The first kappa shape index (κ1) is 27.1. The van der Waals surface area contributed by atoms with Crippen molar-refractivity contribution in [1.29, 1.82) is 0 Å². The van der Waals surface area contributed by atoms with Gasteiger partial charge in [-0.15, -0.1) is 0 Å². The van der Waals surface area contributed by atoms with E-state index in [4.69, 9.17) is 4.74 Å². The Morgan fingerprint density at radius 3 is 2.26 bits per heavy atom. The van der Waals surface area contributed by atoms with Crippen molar-refractivity contribution >= 4 is 21.9 Å². The Balaban J connectivity index is 1.63. The van der Waals surface area contributed by atoms with Crippen molar-refractivity contribution in [2.24, 2.45) is 5.92 Å². The highest BCUT2D eigenvalue weighted by Crippen LogP contribution is 2.25. The number of ether oxygens (including phenoxy) is 1. The quantitative estimate of drug-likeness (QED) is 0.305. The van der Waals surface area contributed by atoms with Crippen molar-refractivity contribution in [2.75, 3.05) is 25.5 Å². The number of hydrogen-bond donors (Lipinski definition) is 1. The highest BCUT2D eigenvalue weighted by Gasteiger charge is 2.28. The van der Waals surface area contributed by atoms with E-state index in [-0.39, 0.29) is 23.9 Å². The third kappa shape index (κ3) is 6.30. The minimum Gasteiger partial charge on any atom is -0.497 e. The normalized spacial score (nSPS) is 11.6. The predicted molar refractivity (Wildman–Crippen MR) is 149 cm³/mol. The lowest BCUT2D eigenvalue weighted by Gasteiger charge is -2.23. The molecule has 1 N–H and O–H groups in total. The summed E-state index contributed by atoms with van der Waals surface area (Å²) in [5.41, 5.74) is 3.52. The number of nitrogens with one attached hydrogen (secondary N) is 1. The van der Waals surface area contributed by atoms with E-state index in [9.17, 15) is 13.2 Å². The molecule has 0 saturated heterocycles. The molecule has 0 bridgehead atoms. The summed E-state index contributed by atoms with van der Waals surface area (Å²) in [6.07, 6.45) is 1.86. The maximum atomic E-state index is 13.4. The number of rotatable bonds is 10. The van der Waals surface area contributed by atoms with Crippen LogP contribution in [0.4, 0.5) is 5.95 Å². The molecule has 9 heteroatoms. The van der Waals surface area contributed by atoms with Gasteiger partial charge in [0.15, 0.2) is 0 Å². The standard InChI is InChI=1S/C29H32N4O4S/c1-21(2)18-32(38(35,36)26-16-14-25(37-4)15-17-26)20-28(34)31-29-30-27(23-8-6-5-7-9-23)19-33(29)24-12-10-22(3)11-13-24/h5-17,19,21H,18,20H2,1-4H3,(H,30,31,34). The number of nitrogens with zero attached hydrogens (tertiary/aromatic N) is 3. The number of aromatic nitrogens is 2. The topological polar surface area (TPSA) is 93.5 Å². The monoisotopic (exact) mass is 532 g/mol. The molecule has 0 radical (unpaired) electrons. The van der Waals surface area contributed by atoms with Crippen LogP contribution in [0.15, 0.2) is 90.0 Å². The maximum absolute atomic E-state index is 13.4. The fourth-order valence-electron chi connectivity index (χ4n) is 3.99. The third-order valence-corrected chi connectivity index (χ3v) is 7.75. The molecule has 8 nitrogen and oxygen atoms in total. The average Bonchev–Trinajstić information content (AvgIpc) is 3.32. The second-order valence-corrected chi connectivity index (χ2v) is 11.4. The molecule has 38 heavy (non-hydrogen) atoms. The Bertz CT molecular complexity index is 1480. The van der Waals surface area contributed by atoms with Crippen molar-refractivity contribution in [3.05, 3.63) is 90.6 Å². The number of amides is 1. The Hall–Kier alpha value is -3.95. The summed E-state index contributed by atoms with van der Waals surface area (Å²) in [5, 5.41) is 2.85. The smallest absolute Gasteiger partial charge is 0.243 e. The Kier molecular flexibility index (Phi) is 8.29. The highest BCUT2D eigenvalue weighted by atomic mass is 32.2. The van der Waals surface area contributed by atoms with Crippen LogP contribution in [0.2, 0.25) is 0 Å². The number of methoxy groups -OCH3 is 1. The fraction of sp³-hybridized carbons (Fsp3) is 0.241. The zero-order valence-corrected chi connectivity index (χ0v) is 22.8. The van der Waals surface area contributed by atoms with Crippen molar-refractivity contribution in [2.45, 2.75) is 25.7 Å². The van der Waals surface area contributed by atoms with Gasteiger partial charge in [-0.05, 0) is 49.2 Å². The van der Waals surface area contributed by atoms with Crippen LogP contribution in [0.25, 0.3) is 16.9 Å². The molecule has 4 aromatic rings. The van der Waals surface area contributed by atoms with Gasteiger partial charge in [0.25, 0.3) is 0 Å². The molecule has 0 aliphatic rings. The predicted octanol–water partition coefficient (Wildman–Crippen LogP) is 5.14. The van der Waals surface area contributed by atoms with E-state index < -0.39 is 15.9 Å². The molecule has 3 aromatic carbocycles. The molecule has 0 saturated carbocycles. The Morgan fingerprint density at radius 2 is 1.66 bits per heavy atom. The van der Waals surface area contributed by atoms with Gasteiger partial charge in [0.2, 0.25) is 21.9 Å². The molecule has 0 spiro atoms. The second kappa shape index (κ2) is 11.6. The van der Waals surface area contributed by atoms with E-state index in [0.29, 0.717) is 17.4 Å². The number of carbonyl (C=O) groups excluding carboxylic acids is 1. The number of aryl methyl sites for hydroxylation is 1. The summed E-state index contributed by atoms with van der Waals surface area (Å²) in [6.45, 7) is 5.65. The number of carbonyl (C=O) groups is 1. The molecule has 0 fully saturated rings. The SMILES string of the molecule is COc1ccc(S(=O)(=O)N(CC(=O)Nc2nc(-c3ccccc3)cn2-c2ccc(C)cc2)CC(C)C)cc1. The van der Waals surface area contributed by atoms with Gasteiger partial charge in [-0.3, -0.25) is 14.7 Å². The van der Waals surface area contributed by atoms with Crippen molar-refractivity contribution in [3.63, 3.8) is 0 Å². The average molecular weight is 533 g/mol. The van der Waals surface area contributed by atoms with Gasteiger partial charge < -0.3 is 4.74 Å². The number of hydrogen-bond acceptors (Lipinski definition) is 5. The second-order valence-electron chi connectivity index (χ2n) is 9.44. The van der Waals surface area contributed by atoms with E-state index in [1.807, 2.05) is 81.6 Å². The van der Waals surface area contributed by atoms with Crippen LogP contribution >= 0.6 is 0 Å². The van der Waals surface area contributed by atoms with Gasteiger partial charge in [0.05, 0.1) is 24.2 Å². The molecule has 0 aliphatic heterocycles.